The molecule has 0 saturated carbocycles. The fraction of sp³-hybridized carbons (Fsp3) is 0.952. The molecule has 0 amide bonds. The molecule has 2 atom stereocenters. The molecule has 2 unspecified atom stereocenters. The summed E-state index contributed by atoms with van der Waals surface area (Å²) in [4.78, 5) is 11.7. The summed E-state index contributed by atoms with van der Waals surface area (Å²) in [6.07, 6.45) is 17.4. The van der Waals surface area contributed by atoms with E-state index in [1.165, 1.54) is 91.3 Å². The SMILES string of the molecule is CCCCCCCCCCCCCCCC(OC)C(OC)C(=O)OC. The van der Waals surface area contributed by atoms with Crippen LogP contribution in [0.2, 0.25) is 0 Å². The van der Waals surface area contributed by atoms with Gasteiger partial charge in [-0.05, 0) is 6.42 Å². The predicted molar refractivity (Wildman–Crippen MR) is 104 cm³/mol. The highest BCUT2D eigenvalue weighted by Gasteiger charge is 2.28. The van der Waals surface area contributed by atoms with Crippen LogP contribution >= 0.6 is 0 Å². The molecule has 0 rings (SSSR count). The van der Waals surface area contributed by atoms with E-state index in [4.69, 9.17) is 14.2 Å². The standard InChI is InChI=1S/C21H42O4/c1-5-6-7-8-9-10-11-12-13-14-15-16-17-18-19(23-2)20(24-3)21(22)25-4/h19-20H,5-18H2,1-4H3. The van der Waals surface area contributed by atoms with E-state index in [0.29, 0.717) is 0 Å². The minimum atomic E-state index is -0.618. The summed E-state index contributed by atoms with van der Waals surface area (Å²) in [5.74, 6) is -0.357. The van der Waals surface area contributed by atoms with Crippen LogP contribution in [0, 0.1) is 0 Å². The van der Waals surface area contributed by atoms with Gasteiger partial charge in [0.05, 0.1) is 13.2 Å². The molecule has 0 aromatic heterocycles. The molecule has 0 aliphatic carbocycles. The molecule has 0 aliphatic heterocycles. The molecular weight excluding hydrogens is 316 g/mol. The Morgan fingerprint density at radius 1 is 0.680 bits per heavy atom. The maximum Gasteiger partial charge on any atom is 0.337 e. The Hall–Kier alpha value is -0.610. The van der Waals surface area contributed by atoms with E-state index in [-0.39, 0.29) is 12.1 Å². The number of carbonyl (C=O) groups is 1. The number of unbranched alkanes of at least 4 members (excludes halogenated alkanes) is 12. The average molecular weight is 359 g/mol. The summed E-state index contributed by atoms with van der Waals surface area (Å²) >= 11 is 0. The fourth-order valence-corrected chi connectivity index (χ4v) is 3.27. The van der Waals surface area contributed by atoms with Crippen molar-refractivity contribution in [1.82, 2.24) is 0 Å². The third-order valence-corrected chi connectivity index (χ3v) is 4.92. The first kappa shape index (κ1) is 24.4. The van der Waals surface area contributed by atoms with Gasteiger partial charge < -0.3 is 14.2 Å². The average Bonchev–Trinajstić information content (AvgIpc) is 2.64. The molecule has 0 bridgehead atoms. The monoisotopic (exact) mass is 358 g/mol. The minimum Gasteiger partial charge on any atom is -0.467 e. The lowest BCUT2D eigenvalue weighted by atomic mass is 10.0. The van der Waals surface area contributed by atoms with Crippen LogP contribution in [-0.2, 0) is 19.0 Å². The Kier molecular flexibility index (Phi) is 17.7. The molecule has 0 aromatic rings. The van der Waals surface area contributed by atoms with E-state index < -0.39 is 6.10 Å². The Balaban J connectivity index is 3.51. The number of rotatable bonds is 18. The summed E-state index contributed by atoms with van der Waals surface area (Å²) in [7, 11) is 4.53. The summed E-state index contributed by atoms with van der Waals surface area (Å²) in [5, 5.41) is 0. The van der Waals surface area contributed by atoms with Crippen LogP contribution in [0.15, 0.2) is 0 Å². The van der Waals surface area contributed by atoms with Gasteiger partial charge in [-0.3, -0.25) is 0 Å². The van der Waals surface area contributed by atoms with E-state index in [2.05, 4.69) is 6.92 Å². The van der Waals surface area contributed by atoms with E-state index >= 15 is 0 Å². The van der Waals surface area contributed by atoms with Crippen LogP contribution in [-0.4, -0.2) is 39.5 Å². The molecule has 0 N–H and O–H groups in total. The van der Waals surface area contributed by atoms with Gasteiger partial charge in [0.2, 0.25) is 0 Å². The van der Waals surface area contributed by atoms with Gasteiger partial charge >= 0.3 is 5.97 Å². The molecule has 4 heteroatoms. The minimum absolute atomic E-state index is 0.217. The van der Waals surface area contributed by atoms with E-state index in [1.54, 1.807) is 7.11 Å². The lowest BCUT2D eigenvalue weighted by Gasteiger charge is -2.22. The zero-order valence-corrected chi connectivity index (χ0v) is 17.2. The first-order valence-electron chi connectivity index (χ1n) is 10.3. The highest BCUT2D eigenvalue weighted by atomic mass is 16.6. The van der Waals surface area contributed by atoms with E-state index in [9.17, 15) is 4.79 Å². The molecular formula is C21H42O4. The molecule has 0 spiro atoms. The number of carbonyl (C=O) groups excluding carboxylic acids is 1. The summed E-state index contributed by atoms with van der Waals surface area (Å²) in [5.41, 5.74) is 0. The zero-order valence-electron chi connectivity index (χ0n) is 17.2. The second-order valence-corrected chi connectivity index (χ2v) is 6.98. The highest BCUT2D eigenvalue weighted by Crippen LogP contribution is 2.16. The topological polar surface area (TPSA) is 44.8 Å². The van der Waals surface area contributed by atoms with Gasteiger partial charge in [-0.1, -0.05) is 90.4 Å². The maximum atomic E-state index is 11.7. The molecule has 4 nitrogen and oxygen atoms in total. The Morgan fingerprint density at radius 3 is 1.48 bits per heavy atom. The number of hydrogen-bond donors (Lipinski definition) is 0. The van der Waals surface area contributed by atoms with E-state index in [0.717, 1.165) is 12.8 Å². The Bertz CT molecular complexity index is 294. The van der Waals surface area contributed by atoms with Gasteiger partial charge in [0.1, 0.15) is 0 Å². The van der Waals surface area contributed by atoms with Gasteiger partial charge in [-0.25, -0.2) is 4.79 Å². The Morgan fingerprint density at radius 2 is 1.12 bits per heavy atom. The molecule has 0 heterocycles. The van der Waals surface area contributed by atoms with Gasteiger partial charge in [0.15, 0.2) is 6.10 Å². The van der Waals surface area contributed by atoms with Gasteiger partial charge in [0.25, 0.3) is 0 Å². The number of methoxy groups -OCH3 is 3. The maximum absolute atomic E-state index is 11.7. The molecule has 25 heavy (non-hydrogen) atoms. The summed E-state index contributed by atoms with van der Waals surface area (Å²) in [6.45, 7) is 2.27. The largest absolute Gasteiger partial charge is 0.467 e. The van der Waals surface area contributed by atoms with Crippen molar-refractivity contribution in [3.05, 3.63) is 0 Å². The second-order valence-electron chi connectivity index (χ2n) is 6.98. The van der Waals surface area contributed by atoms with Crippen LogP contribution in [0.3, 0.4) is 0 Å². The molecule has 150 valence electrons. The molecule has 0 fully saturated rings. The van der Waals surface area contributed by atoms with Crippen molar-refractivity contribution >= 4 is 5.97 Å². The van der Waals surface area contributed by atoms with Crippen LogP contribution in [0.4, 0.5) is 0 Å². The third kappa shape index (κ3) is 13.3. The van der Waals surface area contributed by atoms with Crippen molar-refractivity contribution in [1.29, 1.82) is 0 Å². The molecule has 0 saturated heterocycles. The van der Waals surface area contributed by atoms with Crippen molar-refractivity contribution in [3.63, 3.8) is 0 Å². The van der Waals surface area contributed by atoms with E-state index in [1.807, 2.05) is 0 Å². The lowest BCUT2D eigenvalue weighted by molar-refractivity contribution is -0.161. The molecule has 0 radical (unpaired) electrons. The van der Waals surface area contributed by atoms with Crippen molar-refractivity contribution in [2.75, 3.05) is 21.3 Å². The van der Waals surface area contributed by atoms with Crippen molar-refractivity contribution in [2.45, 2.75) is 109 Å². The van der Waals surface area contributed by atoms with Crippen molar-refractivity contribution < 1.29 is 19.0 Å². The quantitative estimate of drug-likeness (QED) is 0.234. The number of esters is 1. The summed E-state index contributed by atoms with van der Waals surface area (Å²) < 4.78 is 15.4. The molecule has 0 aromatic carbocycles. The highest BCUT2D eigenvalue weighted by molar-refractivity contribution is 5.75. The van der Waals surface area contributed by atoms with Crippen LogP contribution in [0.5, 0.6) is 0 Å². The zero-order chi connectivity index (χ0) is 18.8. The van der Waals surface area contributed by atoms with Crippen LogP contribution < -0.4 is 0 Å². The number of ether oxygens (including phenoxy) is 3. The fourth-order valence-electron chi connectivity index (χ4n) is 3.27. The lowest BCUT2D eigenvalue weighted by Crippen LogP contribution is -2.38. The second kappa shape index (κ2) is 18.2. The van der Waals surface area contributed by atoms with Gasteiger partial charge in [0, 0.05) is 14.2 Å². The van der Waals surface area contributed by atoms with Gasteiger partial charge in [-0.2, -0.15) is 0 Å². The third-order valence-electron chi connectivity index (χ3n) is 4.92. The van der Waals surface area contributed by atoms with Gasteiger partial charge in [-0.15, -0.1) is 0 Å². The van der Waals surface area contributed by atoms with Crippen molar-refractivity contribution in [3.8, 4) is 0 Å². The first-order valence-corrected chi connectivity index (χ1v) is 10.3. The summed E-state index contributed by atoms with van der Waals surface area (Å²) in [6, 6.07) is 0. The normalized spacial score (nSPS) is 13.6. The molecule has 0 aliphatic rings. The van der Waals surface area contributed by atoms with Crippen molar-refractivity contribution in [2.24, 2.45) is 0 Å². The number of hydrogen-bond acceptors (Lipinski definition) is 4. The van der Waals surface area contributed by atoms with Crippen LogP contribution in [0.1, 0.15) is 96.8 Å². The predicted octanol–water partition coefficient (Wildman–Crippen LogP) is 5.67. The smallest absolute Gasteiger partial charge is 0.337 e. The Labute approximate surface area is 156 Å². The van der Waals surface area contributed by atoms with Crippen LogP contribution in [0.25, 0.3) is 0 Å². The first-order chi connectivity index (χ1) is 12.2.